The van der Waals surface area contributed by atoms with Gasteiger partial charge >= 0.3 is 0 Å². The molecule has 1 aromatic rings. The van der Waals surface area contributed by atoms with E-state index < -0.39 is 10.0 Å². The van der Waals surface area contributed by atoms with E-state index in [9.17, 15) is 13.2 Å². The molecule has 1 fully saturated rings. The van der Waals surface area contributed by atoms with E-state index in [0.717, 1.165) is 38.6 Å². The molecule has 26 heavy (non-hydrogen) atoms. The van der Waals surface area contributed by atoms with E-state index in [1.54, 1.807) is 25.2 Å². The summed E-state index contributed by atoms with van der Waals surface area (Å²) in [7, 11) is -1.94. The molecule has 1 aliphatic rings. The van der Waals surface area contributed by atoms with Gasteiger partial charge in [-0.3, -0.25) is 4.79 Å². The van der Waals surface area contributed by atoms with Crippen LogP contribution in [0, 0.1) is 0 Å². The van der Waals surface area contributed by atoms with Crippen LogP contribution >= 0.6 is 0 Å². The lowest BCUT2D eigenvalue weighted by Crippen LogP contribution is -2.38. The number of nitrogens with one attached hydrogen (secondary N) is 2. The Balaban J connectivity index is 2.03. The molecule has 2 rings (SSSR count). The van der Waals surface area contributed by atoms with E-state index in [2.05, 4.69) is 17.6 Å². The Hall–Kier alpha value is -1.44. The summed E-state index contributed by atoms with van der Waals surface area (Å²) in [5.41, 5.74) is 0.374. The molecule has 1 aromatic carbocycles. The number of amides is 1. The van der Waals surface area contributed by atoms with Crippen molar-refractivity contribution in [2.75, 3.05) is 26.7 Å². The number of carbonyl (C=O) groups excluding carboxylic acids is 1. The summed E-state index contributed by atoms with van der Waals surface area (Å²) in [5.74, 6) is -0.249. The van der Waals surface area contributed by atoms with Gasteiger partial charge in [0.25, 0.3) is 5.91 Å². The summed E-state index contributed by atoms with van der Waals surface area (Å²) < 4.78 is 27.3. The lowest BCUT2D eigenvalue weighted by atomic mass is 9.96. The van der Waals surface area contributed by atoms with Gasteiger partial charge in [0.1, 0.15) is 0 Å². The van der Waals surface area contributed by atoms with Crippen molar-refractivity contribution in [1.82, 2.24) is 14.9 Å². The number of hydrogen-bond donors (Lipinski definition) is 2. The van der Waals surface area contributed by atoms with Gasteiger partial charge < -0.3 is 10.6 Å². The van der Waals surface area contributed by atoms with Gasteiger partial charge in [0.2, 0.25) is 10.0 Å². The number of carbonyl (C=O) groups is 1. The van der Waals surface area contributed by atoms with E-state index in [4.69, 9.17) is 0 Å². The van der Waals surface area contributed by atoms with E-state index in [1.807, 2.05) is 0 Å². The van der Waals surface area contributed by atoms with Gasteiger partial charge in [0, 0.05) is 31.7 Å². The van der Waals surface area contributed by atoms with Crippen LogP contribution in [0.3, 0.4) is 0 Å². The fraction of sp³-hybridized carbons (Fsp3) is 0.632. The Bertz CT molecular complexity index is 685. The number of rotatable bonds is 9. The first-order valence-electron chi connectivity index (χ1n) is 9.54. The minimum Gasteiger partial charge on any atom is -0.351 e. The van der Waals surface area contributed by atoms with Crippen LogP contribution < -0.4 is 10.6 Å². The Morgan fingerprint density at radius 1 is 1.15 bits per heavy atom. The Labute approximate surface area is 157 Å². The van der Waals surface area contributed by atoms with Crippen molar-refractivity contribution in [1.29, 1.82) is 0 Å². The minimum absolute atomic E-state index is 0.0517. The zero-order valence-electron chi connectivity index (χ0n) is 15.8. The maximum absolute atomic E-state index is 12.9. The quantitative estimate of drug-likeness (QED) is 0.644. The molecule has 1 saturated carbocycles. The van der Waals surface area contributed by atoms with Crippen LogP contribution in [0.4, 0.5) is 0 Å². The van der Waals surface area contributed by atoms with E-state index in [0.29, 0.717) is 18.7 Å². The molecule has 0 radical (unpaired) electrons. The zero-order chi connectivity index (χ0) is 19.0. The first-order valence-corrected chi connectivity index (χ1v) is 11.0. The summed E-state index contributed by atoms with van der Waals surface area (Å²) in [6.07, 6.45) is 6.16. The second-order valence-corrected chi connectivity index (χ2v) is 8.84. The van der Waals surface area contributed by atoms with Crippen LogP contribution in [0.15, 0.2) is 29.2 Å². The molecule has 2 N–H and O–H groups in total. The van der Waals surface area contributed by atoms with E-state index in [1.165, 1.54) is 16.8 Å². The summed E-state index contributed by atoms with van der Waals surface area (Å²) >= 11 is 0. The first-order chi connectivity index (χ1) is 12.5. The highest BCUT2D eigenvalue weighted by atomic mass is 32.2. The third-order valence-electron chi connectivity index (χ3n) is 4.88. The van der Waals surface area contributed by atoms with E-state index in [-0.39, 0.29) is 16.8 Å². The number of hydrogen-bond acceptors (Lipinski definition) is 4. The van der Waals surface area contributed by atoms with Crippen LogP contribution in [-0.2, 0) is 10.0 Å². The molecule has 0 unspecified atom stereocenters. The molecule has 0 spiro atoms. The summed E-state index contributed by atoms with van der Waals surface area (Å²) in [6, 6.07) is 6.37. The van der Waals surface area contributed by atoms with Crippen LogP contribution in [0.2, 0.25) is 0 Å². The van der Waals surface area contributed by atoms with Crippen LogP contribution in [0.1, 0.15) is 55.8 Å². The molecule has 1 aliphatic carbocycles. The lowest BCUT2D eigenvalue weighted by molar-refractivity contribution is 0.0953. The monoisotopic (exact) mass is 381 g/mol. The van der Waals surface area contributed by atoms with Gasteiger partial charge in [-0.2, -0.15) is 4.31 Å². The predicted octanol–water partition coefficient (Wildman–Crippen LogP) is 2.37. The standard InChI is InChI=1S/C19H31N3O3S/c1-3-12-20-13-14-21-19(23)16-8-7-11-18(15-16)26(24,25)22(2)17-9-5-4-6-10-17/h7-8,11,15,17,20H,3-6,9-10,12-14H2,1-2H3,(H,21,23). The Kier molecular flexibility index (Phi) is 8.06. The van der Waals surface area contributed by atoms with Gasteiger partial charge in [0.15, 0.2) is 0 Å². The minimum atomic E-state index is -3.59. The normalized spacial score (nSPS) is 16.0. The van der Waals surface area contributed by atoms with Gasteiger partial charge in [0.05, 0.1) is 4.90 Å². The summed E-state index contributed by atoms with van der Waals surface area (Å²) in [6.45, 7) is 4.21. The largest absolute Gasteiger partial charge is 0.351 e. The second kappa shape index (κ2) is 10.0. The lowest BCUT2D eigenvalue weighted by Gasteiger charge is -2.30. The number of nitrogens with zero attached hydrogens (tertiary/aromatic N) is 1. The highest BCUT2D eigenvalue weighted by Crippen LogP contribution is 2.26. The molecule has 7 heteroatoms. The van der Waals surface area contributed by atoms with Crippen LogP contribution in [-0.4, -0.2) is 51.4 Å². The maximum Gasteiger partial charge on any atom is 0.251 e. The summed E-state index contributed by atoms with van der Waals surface area (Å²) in [4.78, 5) is 12.5. The molecule has 146 valence electrons. The van der Waals surface area contributed by atoms with Crippen molar-refractivity contribution in [2.45, 2.75) is 56.4 Å². The van der Waals surface area contributed by atoms with Crippen molar-refractivity contribution < 1.29 is 13.2 Å². The smallest absolute Gasteiger partial charge is 0.251 e. The van der Waals surface area contributed by atoms with Crippen molar-refractivity contribution in [3.05, 3.63) is 29.8 Å². The third kappa shape index (κ3) is 5.53. The van der Waals surface area contributed by atoms with Gasteiger partial charge in [-0.1, -0.05) is 32.3 Å². The highest BCUT2D eigenvalue weighted by molar-refractivity contribution is 7.89. The van der Waals surface area contributed by atoms with Gasteiger partial charge in [-0.25, -0.2) is 8.42 Å². The highest BCUT2D eigenvalue weighted by Gasteiger charge is 2.29. The molecule has 0 aliphatic heterocycles. The van der Waals surface area contributed by atoms with Crippen molar-refractivity contribution in [3.8, 4) is 0 Å². The SMILES string of the molecule is CCCNCCNC(=O)c1cccc(S(=O)(=O)N(C)C2CCCCC2)c1. The number of sulfonamides is 1. The molecular weight excluding hydrogens is 350 g/mol. The average Bonchev–Trinajstić information content (AvgIpc) is 2.67. The number of benzene rings is 1. The third-order valence-corrected chi connectivity index (χ3v) is 6.78. The summed E-state index contributed by atoms with van der Waals surface area (Å²) in [5, 5.41) is 6.03. The van der Waals surface area contributed by atoms with Gasteiger partial charge in [-0.15, -0.1) is 0 Å². The molecule has 0 heterocycles. The van der Waals surface area contributed by atoms with Crippen molar-refractivity contribution in [2.24, 2.45) is 0 Å². The maximum atomic E-state index is 12.9. The first kappa shape index (κ1) is 20.9. The Morgan fingerprint density at radius 3 is 2.58 bits per heavy atom. The zero-order valence-corrected chi connectivity index (χ0v) is 16.6. The average molecular weight is 382 g/mol. The fourth-order valence-corrected chi connectivity index (χ4v) is 4.74. The van der Waals surface area contributed by atoms with Crippen molar-refractivity contribution in [3.63, 3.8) is 0 Å². The van der Waals surface area contributed by atoms with Crippen molar-refractivity contribution >= 4 is 15.9 Å². The predicted molar refractivity (Wildman–Crippen MR) is 104 cm³/mol. The van der Waals surface area contributed by atoms with E-state index >= 15 is 0 Å². The molecular formula is C19H31N3O3S. The molecule has 6 nitrogen and oxygen atoms in total. The molecule has 1 amide bonds. The van der Waals surface area contributed by atoms with Crippen LogP contribution in [0.25, 0.3) is 0 Å². The van der Waals surface area contributed by atoms with Gasteiger partial charge in [-0.05, 0) is 44.0 Å². The Morgan fingerprint density at radius 2 is 1.88 bits per heavy atom. The molecule has 0 atom stereocenters. The molecule has 0 saturated heterocycles. The molecule has 0 bridgehead atoms. The second-order valence-electron chi connectivity index (χ2n) is 6.85. The fourth-order valence-electron chi connectivity index (χ4n) is 3.27. The van der Waals surface area contributed by atoms with Crippen LogP contribution in [0.5, 0.6) is 0 Å². The topological polar surface area (TPSA) is 78.5 Å². The molecule has 0 aromatic heterocycles.